The fourth-order valence-electron chi connectivity index (χ4n) is 1.48. The summed E-state index contributed by atoms with van der Waals surface area (Å²) in [6.45, 7) is 0. The summed E-state index contributed by atoms with van der Waals surface area (Å²) in [4.78, 5) is 0. The standard InChI is InChI=1S/C10H10ClFN4/c1-13-10-15-14-9(16(10)2)8-6(11)4-3-5-7(8)12/h3-5H,1-2H3,(H,13,15). The molecule has 0 fully saturated rings. The van der Waals surface area contributed by atoms with Crippen LogP contribution in [-0.2, 0) is 7.05 Å². The summed E-state index contributed by atoms with van der Waals surface area (Å²) in [6, 6.07) is 4.51. The van der Waals surface area contributed by atoms with Gasteiger partial charge >= 0.3 is 0 Å². The highest BCUT2D eigenvalue weighted by molar-refractivity contribution is 6.33. The Balaban J connectivity index is 2.63. The van der Waals surface area contributed by atoms with E-state index >= 15 is 0 Å². The molecule has 0 saturated carbocycles. The van der Waals surface area contributed by atoms with E-state index in [4.69, 9.17) is 11.6 Å². The first-order valence-corrected chi connectivity index (χ1v) is 5.04. The van der Waals surface area contributed by atoms with Gasteiger partial charge in [-0.05, 0) is 12.1 Å². The molecule has 0 unspecified atom stereocenters. The molecule has 84 valence electrons. The highest BCUT2D eigenvalue weighted by Crippen LogP contribution is 2.29. The smallest absolute Gasteiger partial charge is 0.224 e. The predicted molar refractivity (Wildman–Crippen MR) is 61.0 cm³/mol. The highest BCUT2D eigenvalue weighted by Gasteiger charge is 2.16. The van der Waals surface area contributed by atoms with E-state index in [1.54, 1.807) is 30.8 Å². The van der Waals surface area contributed by atoms with Gasteiger partial charge < -0.3 is 5.32 Å². The first kappa shape index (κ1) is 10.9. The van der Waals surface area contributed by atoms with E-state index in [0.717, 1.165) is 0 Å². The van der Waals surface area contributed by atoms with E-state index in [1.807, 2.05) is 0 Å². The lowest BCUT2D eigenvalue weighted by Gasteiger charge is -2.05. The van der Waals surface area contributed by atoms with Gasteiger partial charge in [0.1, 0.15) is 5.82 Å². The zero-order chi connectivity index (χ0) is 11.7. The van der Waals surface area contributed by atoms with Crippen LogP contribution in [0.25, 0.3) is 11.4 Å². The number of hydrogen-bond donors (Lipinski definition) is 1. The Kier molecular flexibility index (Phi) is 2.78. The highest BCUT2D eigenvalue weighted by atomic mass is 35.5. The summed E-state index contributed by atoms with van der Waals surface area (Å²) in [5.74, 6) is 0.535. The number of nitrogens with zero attached hydrogens (tertiary/aromatic N) is 3. The molecular formula is C10H10ClFN4. The lowest BCUT2D eigenvalue weighted by molar-refractivity contribution is 0.629. The molecule has 0 saturated heterocycles. The van der Waals surface area contributed by atoms with E-state index < -0.39 is 5.82 Å². The molecule has 0 aliphatic heterocycles. The Morgan fingerprint density at radius 1 is 1.38 bits per heavy atom. The van der Waals surface area contributed by atoms with Crippen LogP contribution < -0.4 is 5.32 Å². The number of rotatable bonds is 2. The van der Waals surface area contributed by atoms with Gasteiger partial charge in [0.05, 0.1) is 10.6 Å². The van der Waals surface area contributed by atoms with Gasteiger partial charge in [-0.15, -0.1) is 10.2 Å². The maximum Gasteiger partial charge on any atom is 0.224 e. The van der Waals surface area contributed by atoms with Crippen molar-refractivity contribution in [2.75, 3.05) is 12.4 Å². The van der Waals surface area contributed by atoms with Crippen LogP contribution in [0.5, 0.6) is 0 Å². The number of aromatic nitrogens is 3. The van der Waals surface area contributed by atoms with E-state index in [2.05, 4.69) is 15.5 Å². The summed E-state index contributed by atoms with van der Waals surface area (Å²) in [6.07, 6.45) is 0. The molecule has 0 aliphatic rings. The van der Waals surface area contributed by atoms with Crippen molar-refractivity contribution in [3.05, 3.63) is 29.0 Å². The molecule has 1 heterocycles. The lowest BCUT2D eigenvalue weighted by Crippen LogP contribution is -2.00. The molecule has 16 heavy (non-hydrogen) atoms. The van der Waals surface area contributed by atoms with E-state index in [9.17, 15) is 4.39 Å². The topological polar surface area (TPSA) is 42.7 Å². The van der Waals surface area contributed by atoms with Crippen LogP contribution in [0, 0.1) is 5.82 Å². The van der Waals surface area contributed by atoms with Crippen molar-refractivity contribution in [1.82, 2.24) is 14.8 Å². The predicted octanol–water partition coefficient (Wildman–Crippen LogP) is 2.32. The second-order valence-electron chi connectivity index (χ2n) is 3.25. The molecule has 0 aliphatic carbocycles. The summed E-state index contributed by atoms with van der Waals surface area (Å²) >= 11 is 5.95. The summed E-state index contributed by atoms with van der Waals surface area (Å²) in [5, 5.41) is 10.9. The van der Waals surface area contributed by atoms with Crippen LogP contribution in [0.15, 0.2) is 18.2 Å². The van der Waals surface area contributed by atoms with E-state index in [1.165, 1.54) is 6.07 Å². The fourth-order valence-corrected chi connectivity index (χ4v) is 1.72. The zero-order valence-corrected chi connectivity index (χ0v) is 9.59. The zero-order valence-electron chi connectivity index (χ0n) is 8.83. The van der Waals surface area contributed by atoms with Gasteiger partial charge in [-0.2, -0.15) is 0 Å². The van der Waals surface area contributed by atoms with Crippen LogP contribution in [0.4, 0.5) is 10.3 Å². The third-order valence-electron chi connectivity index (χ3n) is 2.28. The maximum absolute atomic E-state index is 13.6. The molecule has 1 N–H and O–H groups in total. The third-order valence-corrected chi connectivity index (χ3v) is 2.60. The average molecular weight is 241 g/mol. The first-order chi connectivity index (χ1) is 7.65. The first-order valence-electron chi connectivity index (χ1n) is 4.66. The third kappa shape index (κ3) is 1.63. The van der Waals surface area contributed by atoms with Gasteiger partial charge in [0, 0.05) is 14.1 Å². The second kappa shape index (κ2) is 4.09. The largest absolute Gasteiger partial charge is 0.357 e. The summed E-state index contributed by atoms with van der Waals surface area (Å²) < 4.78 is 15.3. The van der Waals surface area contributed by atoms with Crippen molar-refractivity contribution in [2.24, 2.45) is 7.05 Å². The molecule has 2 aromatic rings. The fraction of sp³-hybridized carbons (Fsp3) is 0.200. The Morgan fingerprint density at radius 2 is 2.12 bits per heavy atom. The lowest BCUT2D eigenvalue weighted by atomic mass is 10.2. The number of nitrogens with one attached hydrogen (secondary N) is 1. The molecule has 0 amide bonds. The molecule has 1 aromatic carbocycles. The normalized spacial score (nSPS) is 10.5. The van der Waals surface area contributed by atoms with Crippen LogP contribution in [0.3, 0.4) is 0 Å². The van der Waals surface area contributed by atoms with Crippen molar-refractivity contribution in [1.29, 1.82) is 0 Å². The van der Waals surface area contributed by atoms with Crippen molar-refractivity contribution in [3.63, 3.8) is 0 Å². The molecule has 2 rings (SSSR count). The van der Waals surface area contributed by atoms with Gasteiger partial charge in [-0.25, -0.2) is 4.39 Å². The van der Waals surface area contributed by atoms with Gasteiger partial charge in [-0.3, -0.25) is 4.57 Å². The number of benzene rings is 1. The maximum atomic E-state index is 13.6. The van der Waals surface area contributed by atoms with Crippen molar-refractivity contribution in [2.45, 2.75) is 0 Å². The summed E-state index contributed by atoms with van der Waals surface area (Å²) in [5.41, 5.74) is 0.265. The SMILES string of the molecule is CNc1nnc(-c2c(F)cccc2Cl)n1C. The van der Waals surface area contributed by atoms with Crippen LogP contribution in [0.1, 0.15) is 0 Å². The van der Waals surface area contributed by atoms with Gasteiger partial charge in [0.2, 0.25) is 5.95 Å². The molecule has 0 bridgehead atoms. The van der Waals surface area contributed by atoms with Crippen molar-refractivity contribution < 1.29 is 4.39 Å². The van der Waals surface area contributed by atoms with Crippen LogP contribution in [-0.4, -0.2) is 21.8 Å². The Hall–Kier alpha value is -1.62. The quantitative estimate of drug-likeness (QED) is 0.876. The molecule has 0 atom stereocenters. The average Bonchev–Trinajstić information content (AvgIpc) is 2.60. The summed E-state index contributed by atoms with van der Waals surface area (Å²) in [7, 11) is 3.46. The molecule has 4 nitrogen and oxygen atoms in total. The minimum absolute atomic E-state index is 0.265. The number of anilines is 1. The van der Waals surface area contributed by atoms with E-state index in [-0.39, 0.29) is 5.56 Å². The Labute approximate surface area is 97.1 Å². The van der Waals surface area contributed by atoms with Crippen molar-refractivity contribution in [3.8, 4) is 11.4 Å². The Bertz CT molecular complexity index is 503. The van der Waals surface area contributed by atoms with Crippen LogP contribution in [0.2, 0.25) is 5.02 Å². The number of halogens is 2. The van der Waals surface area contributed by atoms with Crippen LogP contribution >= 0.6 is 11.6 Å². The van der Waals surface area contributed by atoms with Gasteiger partial charge in [0.15, 0.2) is 5.82 Å². The molecule has 1 aromatic heterocycles. The van der Waals surface area contributed by atoms with Crippen molar-refractivity contribution >= 4 is 17.5 Å². The minimum atomic E-state index is -0.411. The number of hydrogen-bond acceptors (Lipinski definition) is 3. The van der Waals surface area contributed by atoms with Gasteiger partial charge in [0.25, 0.3) is 0 Å². The second-order valence-corrected chi connectivity index (χ2v) is 3.66. The molecule has 0 spiro atoms. The van der Waals surface area contributed by atoms with E-state index in [0.29, 0.717) is 16.8 Å². The van der Waals surface area contributed by atoms with Gasteiger partial charge in [-0.1, -0.05) is 17.7 Å². The molecule has 6 heteroatoms. The molecule has 0 radical (unpaired) electrons. The Morgan fingerprint density at radius 3 is 2.69 bits per heavy atom. The minimum Gasteiger partial charge on any atom is -0.357 e. The molecular weight excluding hydrogens is 231 g/mol. The monoisotopic (exact) mass is 240 g/mol.